The fourth-order valence-electron chi connectivity index (χ4n) is 6.11. The first-order valence-electron chi connectivity index (χ1n) is 13.1. The maximum atomic E-state index is 13.9. The molecule has 2 aliphatic rings. The van der Waals surface area contributed by atoms with Gasteiger partial charge in [0.05, 0.1) is 12.2 Å². The van der Waals surface area contributed by atoms with Gasteiger partial charge in [0.2, 0.25) is 5.91 Å². The van der Waals surface area contributed by atoms with Crippen molar-refractivity contribution in [3.63, 3.8) is 0 Å². The summed E-state index contributed by atoms with van der Waals surface area (Å²) in [5.74, 6) is 0.769. The highest BCUT2D eigenvalue weighted by Gasteiger charge is 2.44. The van der Waals surface area contributed by atoms with Crippen LogP contribution in [0.5, 0.6) is 0 Å². The van der Waals surface area contributed by atoms with Crippen LogP contribution < -0.4 is 5.32 Å². The highest BCUT2D eigenvalue weighted by molar-refractivity contribution is 5.95. The minimum Gasteiger partial charge on any atom is -0.347 e. The van der Waals surface area contributed by atoms with E-state index in [2.05, 4.69) is 37.6 Å². The third-order valence-corrected chi connectivity index (χ3v) is 7.77. The van der Waals surface area contributed by atoms with Gasteiger partial charge in [-0.1, -0.05) is 91.6 Å². The Labute approximate surface area is 210 Å². The summed E-state index contributed by atoms with van der Waals surface area (Å²) in [5, 5.41) is 3.43. The van der Waals surface area contributed by atoms with Gasteiger partial charge in [0, 0.05) is 30.1 Å². The normalized spacial score (nSPS) is 18.8. The van der Waals surface area contributed by atoms with E-state index in [0.29, 0.717) is 25.3 Å². The second-order valence-corrected chi connectivity index (χ2v) is 12.9. The molecule has 1 aromatic carbocycles. The Morgan fingerprint density at radius 3 is 2.20 bits per heavy atom. The fraction of sp³-hybridized carbons (Fsp3) is 0.621. The Kier molecular flexibility index (Phi) is 6.62. The molecule has 0 saturated heterocycles. The van der Waals surface area contributed by atoms with E-state index in [1.165, 1.54) is 12.8 Å². The maximum Gasteiger partial charge on any atom is 0.272 e. The summed E-state index contributed by atoms with van der Waals surface area (Å²) in [7, 11) is 0. The van der Waals surface area contributed by atoms with Crippen LogP contribution in [-0.2, 0) is 17.9 Å². The zero-order chi connectivity index (χ0) is 25.6. The Bertz CT molecular complexity index is 1080. The molecule has 6 heteroatoms. The van der Waals surface area contributed by atoms with Crippen LogP contribution in [0, 0.1) is 16.2 Å². The molecule has 35 heavy (non-hydrogen) atoms. The van der Waals surface area contributed by atoms with Gasteiger partial charge in [-0.25, -0.2) is 4.98 Å². The Morgan fingerprint density at radius 1 is 1.00 bits per heavy atom. The summed E-state index contributed by atoms with van der Waals surface area (Å²) in [6, 6.07) is 10.1. The molecule has 1 N–H and O–H groups in total. The van der Waals surface area contributed by atoms with Crippen LogP contribution in [-0.4, -0.2) is 38.9 Å². The zero-order valence-corrected chi connectivity index (χ0v) is 22.6. The molecule has 1 atom stereocenters. The van der Waals surface area contributed by atoms with Crippen LogP contribution >= 0.6 is 0 Å². The molecule has 0 bridgehead atoms. The number of benzene rings is 1. The van der Waals surface area contributed by atoms with Crippen molar-refractivity contribution < 1.29 is 9.59 Å². The number of rotatable bonds is 4. The minimum absolute atomic E-state index is 0.0402. The van der Waals surface area contributed by atoms with E-state index in [4.69, 9.17) is 4.98 Å². The summed E-state index contributed by atoms with van der Waals surface area (Å²) in [4.78, 5) is 33.8. The average molecular weight is 479 g/mol. The van der Waals surface area contributed by atoms with Crippen molar-refractivity contribution in [2.45, 2.75) is 93.3 Å². The number of carbonyl (C=O) groups is 2. The van der Waals surface area contributed by atoms with E-state index >= 15 is 0 Å². The average Bonchev–Trinajstić information content (AvgIpc) is 3.40. The molecule has 6 nitrogen and oxygen atoms in total. The molecule has 1 aliphatic carbocycles. The van der Waals surface area contributed by atoms with Crippen molar-refractivity contribution in [1.29, 1.82) is 0 Å². The lowest BCUT2D eigenvalue weighted by molar-refractivity contribution is -0.141. The van der Waals surface area contributed by atoms with Gasteiger partial charge in [-0.05, 0) is 23.7 Å². The number of fused-ring (bicyclic) bond motifs is 1. The van der Waals surface area contributed by atoms with Gasteiger partial charge in [-0.3, -0.25) is 9.59 Å². The first-order valence-corrected chi connectivity index (χ1v) is 13.1. The van der Waals surface area contributed by atoms with Crippen LogP contribution in [0.1, 0.15) is 90.3 Å². The molecule has 2 heterocycles. The van der Waals surface area contributed by atoms with E-state index in [1.807, 2.05) is 56.0 Å². The number of imidazole rings is 1. The lowest BCUT2D eigenvalue weighted by atomic mass is 9.68. The first kappa shape index (κ1) is 25.5. The predicted molar refractivity (Wildman–Crippen MR) is 140 cm³/mol. The number of amides is 2. The van der Waals surface area contributed by atoms with E-state index in [1.54, 1.807) is 0 Å². The molecule has 1 aromatic heterocycles. The van der Waals surface area contributed by atoms with Crippen molar-refractivity contribution >= 4 is 11.8 Å². The quantitative estimate of drug-likeness (QED) is 0.616. The summed E-state index contributed by atoms with van der Waals surface area (Å²) < 4.78 is 2.14. The van der Waals surface area contributed by atoms with E-state index in [9.17, 15) is 9.59 Å². The molecule has 1 saturated carbocycles. The van der Waals surface area contributed by atoms with Gasteiger partial charge in [0.15, 0.2) is 5.69 Å². The van der Waals surface area contributed by atoms with E-state index < -0.39 is 5.41 Å². The van der Waals surface area contributed by atoms with Gasteiger partial charge in [-0.2, -0.15) is 0 Å². The molecule has 4 rings (SSSR count). The standard InChI is InChI=1S/C29H42N4O2/c1-27(2,3)25(29(7)15-11-12-16-29)31-24(34)22-21-19-32(26(35)28(4,5)6)17-18-33(21)23(30-22)20-13-9-8-10-14-20/h8-10,13-14,25H,11-12,15-19H2,1-7H3,(H,31,34). The number of nitrogens with one attached hydrogen (secondary N) is 1. The highest BCUT2D eigenvalue weighted by Crippen LogP contribution is 2.46. The zero-order valence-electron chi connectivity index (χ0n) is 22.6. The number of aromatic nitrogens is 2. The van der Waals surface area contributed by atoms with Crippen molar-refractivity contribution in [2.24, 2.45) is 16.2 Å². The fourth-order valence-corrected chi connectivity index (χ4v) is 6.11. The molecule has 2 aromatic rings. The van der Waals surface area contributed by atoms with Crippen LogP contribution in [0.4, 0.5) is 0 Å². The van der Waals surface area contributed by atoms with Gasteiger partial charge in [0.1, 0.15) is 5.82 Å². The maximum absolute atomic E-state index is 13.9. The number of hydrogen-bond donors (Lipinski definition) is 1. The smallest absolute Gasteiger partial charge is 0.272 e. The molecule has 190 valence electrons. The van der Waals surface area contributed by atoms with E-state index in [-0.39, 0.29) is 28.7 Å². The first-order chi connectivity index (χ1) is 16.3. The molecule has 2 amide bonds. The highest BCUT2D eigenvalue weighted by atomic mass is 16.2. The molecular weight excluding hydrogens is 436 g/mol. The van der Waals surface area contributed by atoms with Gasteiger partial charge < -0.3 is 14.8 Å². The molecular formula is C29H42N4O2. The molecule has 1 fully saturated rings. The van der Waals surface area contributed by atoms with Gasteiger partial charge in [0.25, 0.3) is 5.91 Å². The second-order valence-electron chi connectivity index (χ2n) is 12.9. The molecule has 1 aliphatic heterocycles. The Morgan fingerprint density at radius 2 is 1.63 bits per heavy atom. The monoisotopic (exact) mass is 478 g/mol. The van der Waals surface area contributed by atoms with Crippen molar-refractivity contribution in [2.75, 3.05) is 6.54 Å². The Hall–Kier alpha value is -2.63. The SMILES string of the molecule is CC(C)(C)C(=O)N1CCn2c(-c3ccccc3)nc(C(=O)NC(C(C)(C)C)C3(C)CCCC3)c2C1. The topological polar surface area (TPSA) is 67.2 Å². The summed E-state index contributed by atoms with van der Waals surface area (Å²) in [5.41, 5.74) is 1.79. The number of hydrogen-bond acceptors (Lipinski definition) is 3. The lowest BCUT2D eigenvalue weighted by Crippen LogP contribution is -2.53. The number of nitrogens with zero attached hydrogens (tertiary/aromatic N) is 3. The van der Waals surface area contributed by atoms with Crippen LogP contribution in [0.25, 0.3) is 11.4 Å². The van der Waals surface area contributed by atoms with Crippen LogP contribution in [0.3, 0.4) is 0 Å². The second kappa shape index (κ2) is 9.11. The van der Waals surface area contributed by atoms with Gasteiger partial charge >= 0.3 is 0 Å². The molecule has 0 radical (unpaired) electrons. The third kappa shape index (κ3) is 5.03. The summed E-state index contributed by atoms with van der Waals surface area (Å²) >= 11 is 0. The number of carbonyl (C=O) groups excluding carboxylic acids is 2. The minimum atomic E-state index is -0.471. The van der Waals surface area contributed by atoms with Crippen LogP contribution in [0.15, 0.2) is 30.3 Å². The van der Waals surface area contributed by atoms with Crippen molar-refractivity contribution in [3.05, 3.63) is 41.7 Å². The largest absolute Gasteiger partial charge is 0.347 e. The summed E-state index contributed by atoms with van der Waals surface area (Å²) in [6.45, 7) is 16.4. The summed E-state index contributed by atoms with van der Waals surface area (Å²) in [6.07, 6.45) is 4.67. The molecule has 0 spiro atoms. The predicted octanol–water partition coefficient (Wildman–Crippen LogP) is 5.66. The van der Waals surface area contributed by atoms with Crippen LogP contribution in [0.2, 0.25) is 0 Å². The molecule has 1 unspecified atom stereocenters. The third-order valence-electron chi connectivity index (χ3n) is 7.77. The Balaban J connectivity index is 1.73. The van der Waals surface area contributed by atoms with Crippen molar-refractivity contribution in [3.8, 4) is 11.4 Å². The van der Waals surface area contributed by atoms with Crippen molar-refractivity contribution in [1.82, 2.24) is 19.8 Å². The lowest BCUT2D eigenvalue weighted by Gasteiger charge is -2.43. The van der Waals surface area contributed by atoms with Gasteiger partial charge in [-0.15, -0.1) is 0 Å². The van der Waals surface area contributed by atoms with E-state index in [0.717, 1.165) is 29.9 Å².